The number of carbonyl (C=O) groups excluding carboxylic acids is 2. The van der Waals surface area contributed by atoms with E-state index in [1.165, 1.54) is 23.1 Å². The van der Waals surface area contributed by atoms with E-state index in [1.807, 2.05) is 12.1 Å². The summed E-state index contributed by atoms with van der Waals surface area (Å²) < 4.78 is 0.706. The fourth-order valence-electron chi connectivity index (χ4n) is 1.71. The van der Waals surface area contributed by atoms with Crippen molar-refractivity contribution in [2.45, 2.75) is 30.5 Å². The first-order valence-electron chi connectivity index (χ1n) is 6.70. The van der Waals surface area contributed by atoms with E-state index in [9.17, 15) is 9.59 Å². The van der Waals surface area contributed by atoms with Crippen LogP contribution in [0.4, 0.5) is 0 Å². The van der Waals surface area contributed by atoms with Crippen LogP contribution in [0.2, 0.25) is 0 Å². The van der Waals surface area contributed by atoms with Crippen molar-refractivity contribution in [1.82, 2.24) is 15.5 Å². The van der Waals surface area contributed by atoms with E-state index >= 15 is 0 Å². The molecular formula is C15H17N3O2S2. The quantitative estimate of drug-likeness (QED) is 0.870. The number of hydrogen-bond donors (Lipinski definition) is 1. The molecule has 0 aliphatic heterocycles. The largest absolute Gasteiger partial charge is 0.292 e. The first kappa shape index (κ1) is 16.6. The Morgan fingerprint density at radius 1 is 1.23 bits per heavy atom. The Balaban J connectivity index is 1.90. The van der Waals surface area contributed by atoms with Crippen molar-refractivity contribution < 1.29 is 9.59 Å². The minimum absolute atomic E-state index is 0.0310. The second kappa shape index (κ2) is 7.02. The Morgan fingerprint density at radius 2 is 1.91 bits per heavy atom. The molecule has 5 nitrogen and oxygen atoms in total. The lowest BCUT2D eigenvalue weighted by Gasteiger charge is -2.18. The molecule has 0 saturated carbocycles. The first-order valence-corrected chi connectivity index (χ1v) is 8.56. The number of rotatable bonds is 4. The normalized spacial score (nSPS) is 11.2. The predicted molar refractivity (Wildman–Crippen MR) is 88.2 cm³/mol. The van der Waals surface area contributed by atoms with Crippen LogP contribution < -0.4 is 5.32 Å². The van der Waals surface area contributed by atoms with Gasteiger partial charge in [0.25, 0.3) is 5.91 Å². The highest BCUT2D eigenvalue weighted by atomic mass is 32.2. The van der Waals surface area contributed by atoms with Gasteiger partial charge in [-0.25, -0.2) is 0 Å². The first-order chi connectivity index (χ1) is 10.4. The third kappa shape index (κ3) is 4.64. The molecule has 2 amide bonds. The molecule has 7 heteroatoms. The highest BCUT2D eigenvalue weighted by Crippen LogP contribution is 2.22. The fourth-order valence-corrected chi connectivity index (χ4v) is 3.00. The summed E-state index contributed by atoms with van der Waals surface area (Å²) in [5.74, 6) is -0.588. The van der Waals surface area contributed by atoms with Crippen molar-refractivity contribution in [1.29, 1.82) is 0 Å². The number of carbonyl (C=O) groups is 2. The van der Waals surface area contributed by atoms with Crippen LogP contribution in [0.15, 0.2) is 34.1 Å². The summed E-state index contributed by atoms with van der Waals surface area (Å²) in [5.41, 5.74) is 3.25. The number of thioether (sulfide) groups is 1. The third-order valence-electron chi connectivity index (χ3n) is 2.93. The molecule has 1 aromatic heterocycles. The average molecular weight is 335 g/mol. The Kier molecular flexibility index (Phi) is 5.31. The number of aromatic nitrogens is 2. The minimum Gasteiger partial charge on any atom is -0.292 e. The molecule has 0 fully saturated rings. The van der Waals surface area contributed by atoms with Gasteiger partial charge in [0.05, 0.1) is 5.75 Å². The molecule has 116 valence electrons. The maximum absolute atomic E-state index is 12.0. The van der Waals surface area contributed by atoms with Gasteiger partial charge in [-0.2, -0.15) is 0 Å². The van der Waals surface area contributed by atoms with E-state index in [0.717, 1.165) is 5.56 Å². The molecule has 0 aliphatic rings. The van der Waals surface area contributed by atoms with Crippen molar-refractivity contribution >= 4 is 34.9 Å². The van der Waals surface area contributed by atoms with Gasteiger partial charge in [-0.3, -0.25) is 14.9 Å². The Hall–Kier alpha value is -1.73. The van der Waals surface area contributed by atoms with E-state index in [4.69, 9.17) is 0 Å². The number of benzene rings is 1. The monoisotopic (exact) mass is 335 g/mol. The zero-order valence-corrected chi connectivity index (χ0v) is 14.3. The molecule has 0 unspecified atom stereocenters. The molecule has 22 heavy (non-hydrogen) atoms. The SMILES string of the molecule is CC(C)(C)c1ccc(C(=O)NC(=O)CSc2nncs2)cc1. The van der Waals surface area contributed by atoms with Crippen LogP contribution in [-0.2, 0) is 10.2 Å². The van der Waals surface area contributed by atoms with Crippen molar-refractivity contribution in [2.24, 2.45) is 0 Å². The standard InChI is InChI=1S/C15H17N3O2S2/c1-15(2,3)11-6-4-10(5-7-11)13(20)17-12(19)8-21-14-18-16-9-22-14/h4-7,9H,8H2,1-3H3,(H,17,19,20). The number of imide groups is 1. The van der Waals surface area contributed by atoms with Crippen molar-refractivity contribution in [2.75, 3.05) is 5.75 Å². The molecule has 0 saturated heterocycles. The number of nitrogens with zero attached hydrogens (tertiary/aromatic N) is 2. The molecule has 0 radical (unpaired) electrons. The van der Waals surface area contributed by atoms with Gasteiger partial charge >= 0.3 is 0 Å². The van der Waals surface area contributed by atoms with Crippen LogP contribution >= 0.6 is 23.1 Å². The zero-order valence-electron chi connectivity index (χ0n) is 12.6. The molecule has 1 aromatic carbocycles. The second-order valence-corrected chi connectivity index (χ2v) is 7.75. The summed E-state index contributed by atoms with van der Waals surface area (Å²) in [6.07, 6.45) is 0. The van der Waals surface area contributed by atoms with Gasteiger partial charge in [0, 0.05) is 5.56 Å². The van der Waals surface area contributed by atoms with Crippen molar-refractivity contribution in [3.63, 3.8) is 0 Å². The highest BCUT2D eigenvalue weighted by Gasteiger charge is 2.15. The predicted octanol–water partition coefficient (Wildman–Crippen LogP) is 2.88. The summed E-state index contributed by atoms with van der Waals surface area (Å²) in [6, 6.07) is 7.30. The Morgan fingerprint density at radius 3 is 2.45 bits per heavy atom. The Bertz CT molecular complexity index is 646. The van der Waals surface area contributed by atoms with Crippen LogP contribution in [0.5, 0.6) is 0 Å². The van der Waals surface area contributed by atoms with E-state index < -0.39 is 0 Å². The van der Waals surface area contributed by atoms with Crippen molar-refractivity contribution in [3.05, 3.63) is 40.9 Å². The molecule has 2 aromatic rings. The van der Waals surface area contributed by atoms with Gasteiger partial charge in [-0.15, -0.1) is 10.2 Å². The van der Waals surface area contributed by atoms with Gasteiger partial charge in [-0.05, 0) is 23.1 Å². The summed E-state index contributed by atoms with van der Waals surface area (Å²) >= 11 is 2.62. The van der Waals surface area contributed by atoms with Gasteiger partial charge in [0.1, 0.15) is 5.51 Å². The maximum atomic E-state index is 12.0. The van der Waals surface area contributed by atoms with Gasteiger partial charge < -0.3 is 0 Å². The summed E-state index contributed by atoms with van der Waals surface area (Å²) in [6.45, 7) is 6.32. The lowest BCUT2D eigenvalue weighted by Crippen LogP contribution is -2.31. The van der Waals surface area contributed by atoms with Crippen LogP contribution in [0, 0.1) is 0 Å². The molecule has 0 spiro atoms. The molecule has 0 atom stereocenters. The van der Waals surface area contributed by atoms with Crippen LogP contribution in [-0.4, -0.2) is 27.8 Å². The summed E-state index contributed by atoms with van der Waals surface area (Å²) in [7, 11) is 0. The molecule has 1 N–H and O–H groups in total. The smallest absolute Gasteiger partial charge is 0.257 e. The average Bonchev–Trinajstić information content (AvgIpc) is 2.97. The minimum atomic E-state index is -0.386. The Labute approximate surface area is 137 Å². The van der Waals surface area contributed by atoms with Crippen LogP contribution in [0.1, 0.15) is 36.7 Å². The molecule has 0 aliphatic carbocycles. The summed E-state index contributed by atoms with van der Waals surface area (Å²) in [5, 5.41) is 9.88. The molecular weight excluding hydrogens is 318 g/mol. The topological polar surface area (TPSA) is 72.0 Å². The summed E-state index contributed by atoms with van der Waals surface area (Å²) in [4.78, 5) is 23.8. The van der Waals surface area contributed by atoms with E-state index in [1.54, 1.807) is 17.6 Å². The highest BCUT2D eigenvalue weighted by molar-refractivity contribution is 8.01. The molecule has 0 bridgehead atoms. The lowest BCUT2D eigenvalue weighted by molar-refractivity contribution is -0.117. The van der Waals surface area contributed by atoms with Crippen LogP contribution in [0.25, 0.3) is 0 Å². The van der Waals surface area contributed by atoms with E-state index in [0.29, 0.717) is 9.90 Å². The maximum Gasteiger partial charge on any atom is 0.257 e. The second-order valence-electron chi connectivity index (χ2n) is 5.70. The third-order valence-corrected chi connectivity index (χ3v) is 4.79. The zero-order chi connectivity index (χ0) is 16.2. The lowest BCUT2D eigenvalue weighted by atomic mass is 9.87. The van der Waals surface area contributed by atoms with Gasteiger partial charge in [0.2, 0.25) is 5.91 Å². The molecule has 2 rings (SSSR count). The molecule has 1 heterocycles. The van der Waals surface area contributed by atoms with E-state index in [2.05, 4.69) is 36.3 Å². The van der Waals surface area contributed by atoms with Crippen molar-refractivity contribution in [3.8, 4) is 0 Å². The number of amides is 2. The number of hydrogen-bond acceptors (Lipinski definition) is 6. The van der Waals surface area contributed by atoms with E-state index in [-0.39, 0.29) is 23.0 Å². The van der Waals surface area contributed by atoms with Gasteiger partial charge in [0.15, 0.2) is 4.34 Å². The van der Waals surface area contributed by atoms with Gasteiger partial charge in [-0.1, -0.05) is 56.0 Å². The van der Waals surface area contributed by atoms with Crippen LogP contribution in [0.3, 0.4) is 0 Å². The fraction of sp³-hybridized carbons (Fsp3) is 0.333. The number of nitrogens with one attached hydrogen (secondary N) is 1.